The Kier molecular flexibility index (Phi) is 6.68. The van der Waals surface area contributed by atoms with E-state index < -0.39 is 6.10 Å². The number of rotatable bonds is 10. The first-order valence-electron chi connectivity index (χ1n) is 11.7. The predicted molar refractivity (Wildman–Crippen MR) is 131 cm³/mol. The SMILES string of the molecule is COc1cc(-c2noc(C)n2)c(C(O)c2ccc(OCC3CC3)cc2)cc1OCc1ccccc1. The lowest BCUT2D eigenvalue weighted by atomic mass is 9.95. The van der Waals surface area contributed by atoms with Crippen LogP contribution in [0.5, 0.6) is 17.2 Å². The highest BCUT2D eigenvalue weighted by Gasteiger charge is 2.24. The summed E-state index contributed by atoms with van der Waals surface area (Å²) in [7, 11) is 1.58. The molecule has 1 aromatic heterocycles. The highest BCUT2D eigenvalue weighted by atomic mass is 16.5. The van der Waals surface area contributed by atoms with Crippen LogP contribution in [0, 0.1) is 12.8 Å². The fourth-order valence-corrected chi connectivity index (χ4v) is 3.84. The van der Waals surface area contributed by atoms with Gasteiger partial charge in [0.05, 0.1) is 13.7 Å². The van der Waals surface area contributed by atoms with Crippen molar-refractivity contribution in [3.63, 3.8) is 0 Å². The van der Waals surface area contributed by atoms with E-state index >= 15 is 0 Å². The summed E-state index contributed by atoms with van der Waals surface area (Å²) in [6, 6.07) is 20.9. The van der Waals surface area contributed by atoms with Gasteiger partial charge in [0, 0.05) is 18.1 Å². The van der Waals surface area contributed by atoms with Crippen LogP contribution in [0.15, 0.2) is 71.3 Å². The maximum Gasteiger partial charge on any atom is 0.223 e. The van der Waals surface area contributed by atoms with Gasteiger partial charge in [-0.15, -0.1) is 0 Å². The molecule has 0 bridgehead atoms. The Morgan fingerprint density at radius 3 is 2.43 bits per heavy atom. The van der Waals surface area contributed by atoms with Crippen molar-refractivity contribution in [2.75, 3.05) is 13.7 Å². The number of aliphatic hydroxyl groups excluding tert-OH is 1. The van der Waals surface area contributed by atoms with Crippen molar-refractivity contribution in [2.45, 2.75) is 32.5 Å². The summed E-state index contributed by atoms with van der Waals surface area (Å²) < 4.78 is 22.7. The van der Waals surface area contributed by atoms with Crippen molar-refractivity contribution < 1.29 is 23.8 Å². The Labute approximate surface area is 204 Å². The fourth-order valence-electron chi connectivity index (χ4n) is 3.84. The lowest BCUT2D eigenvalue weighted by molar-refractivity contribution is 0.218. The van der Waals surface area contributed by atoms with Gasteiger partial charge in [-0.2, -0.15) is 4.98 Å². The van der Waals surface area contributed by atoms with Gasteiger partial charge in [0.15, 0.2) is 11.5 Å². The van der Waals surface area contributed by atoms with Crippen LogP contribution in [0.1, 0.15) is 41.5 Å². The molecule has 0 radical (unpaired) electrons. The highest BCUT2D eigenvalue weighted by molar-refractivity contribution is 5.67. The van der Waals surface area contributed by atoms with E-state index in [9.17, 15) is 5.11 Å². The molecule has 5 rings (SSSR count). The van der Waals surface area contributed by atoms with Crippen molar-refractivity contribution in [1.29, 1.82) is 0 Å². The normalized spacial score (nSPS) is 13.9. The zero-order valence-electron chi connectivity index (χ0n) is 19.8. The first kappa shape index (κ1) is 22.9. The van der Waals surface area contributed by atoms with Crippen LogP contribution in [-0.4, -0.2) is 29.0 Å². The number of hydrogen-bond acceptors (Lipinski definition) is 7. The number of nitrogens with zero attached hydrogens (tertiary/aromatic N) is 2. The second kappa shape index (κ2) is 10.2. The van der Waals surface area contributed by atoms with Crippen molar-refractivity contribution in [1.82, 2.24) is 10.1 Å². The molecule has 35 heavy (non-hydrogen) atoms. The van der Waals surface area contributed by atoms with Crippen molar-refractivity contribution >= 4 is 0 Å². The number of aryl methyl sites for hydroxylation is 1. The molecule has 1 heterocycles. The number of benzene rings is 3. The fraction of sp³-hybridized carbons (Fsp3) is 0.286. The van der Waals surface area contributed by atoms with Gasteiger partial charge in [0.2, 0.25) is 11.7 Å². The molecule has 7 nitrogen and oxygen atoms in total. The molecule has 0 saturated heterocycles. The molecule has 7 heteroatoms. The molecule has 1 unspecified atom stereocenters. The van der Waals surface area contributed by atoms with Gasteiger partial charge in [-0.1, -0.05) is 47.6 Å². The average molecular weight is 473 g/mol. The minimum atomic E-state index is -0.953. The van der Waals surface area contributed by atoms with Crippen molar-refractivity contribution in [3.05, 3.63) is 89.3 Å². The maximum absolute atomic E-state index is 11.4. The van der Waals surface area contributed by atoms with Crippen LogP contribution in [0.2, 0.25) is 0 Å². The number of aliphatic hydroxyl groups is 1. The molecule has 1 saturated carbocycles. The molecule has 0 aliphatic heterocycles. The van der Waals surface area contributed by atoms with E-state index in [-0.39, 0.29) is 0 Å². The Bertz CT molecular complexity index is 1270. The third kappa shape index (κ3) is 5.46. The lowest BCUT2D eigenvalue weighted by Crippen LogP contribution is -2.06. The minimum absolute atomic E-state index is 0.362. The number of aromatic nitrogens is 2. The van der Waals surface area contributed by atoms with Crippen LogP contribution >= 0.6 is 0 Å². The molecule has 1 aliphatic rings. The zero-order valence-corrected chi connectivity index (χ0v) is 19.8. The standard InChI is InChI=1S/C28H28N2O5/c1-18-29-28(30-35-18)24-15-25(32-2)26(34-17-19-6-4-3-5-7-19)14-23(24)27(31)21-10-12-22(13-11-21)33-16-20-8-9-20/h3-7,10-15,20,27,31H,8-9,16-17H2,1-2H3. The van der Waals surface area contributed by atoms with Crippen molar-refractivity contribution in [3.8, 4) is 28.6 Å². The van der Waals surface area contributed by atoms with Gasteiger partial charge in [-0.25, -0.2) is 0 Å². The Morgan fingerprint density at radius 1 is 1.00 bits per heavy atom. The van der Waals surface area contributed by atoms with E-state index in [1.54, 1.807) is 26.2 Å². The van der Waals surface area contributed by atoms with Crippen molar-refractivity contribution in [2.24, 2.45) is 5.92 Å². The molecule has 4 aromatic rings. The second-order valence-corrected chi connectivity index (χ2v) is 8.73. The van der Waals surface area contributed by atoms with Gasteiger partial charge in [-0.3, -0.25) is 0 Å². The van der Waals surface area contributed by atoms with E-state index in [2.05, 4.69) is 10.1 Å². The average Bonchev–Trinajstić information content (AvgIpc) is 3.64. The summed E-state index contributed by atoms with van der Waals surface area (Å²) in [5, 5.41) is 15.5. The molecular formula is C28H28N2O5. The minimum Gasteiger partial charge on any atom is -0.493 e. The van der Waals surface area contributed by atoms with E-state index in [1.165, 1.54) is 12.8 Å². The number of methoxy groups -OCH3 is 1. The van der Waals surface area contributed by atoms with E-state index in [0.29, 0.717) is 52.4 Å². The Morgan fingerprint density at radius 2 is 1.77 bits per heavy atom. The van der Waals surface area contributed by atoms with Gasteiger partial charge in [-0.05, 0) is 54.2 Å². The second-order valence-electron chi connectivity index (χ2n) is 8.73. The number of hydrogen-bond donors (Lipinski definition) is 1. The summed E-state index contributed by atoms with van der Waals surface area (Å²) >= 11 is 0. The summed E-state index contributed by atoms with van der Waals surface area (Å²) in [5.74, 6) is 3.30. The molecule has 1 fully saturated rings. The van der Waals surface area contributed by atoms with Crippen LogP contribution in [0.4, 0.5) is 0 Å². The third-order valence-electron chi connectivity index (χ3n) is 6.01. The van der Waals surface area contributed by atoms with E-state index in [0.717, 1.165) is 17.9 Å². The zero-order chi connectivity index (χ0) is 24.2. The topological polar surface area (TPSA) is 86.8 Å². The summed E-state index contributed by atoms with van der Waals surface area (Å²) in [5.41, 5.74) is 2.93. The molecule has 0 spiro atoms. The monoisotopic (exact) mass is 472 g/mol. The molecule has 1 atom stereocenters. The smallest absolute Gasteiger partial charge is 0.223 e. The quantitative estimate of drug-likeness (QED) is 0.326. The molecule has 3 aromatic carbocycles. The molecule has 1 aliphatic carbocycles. The van der Waals surface area contributed by atoms with Crippen LogP contribution in [-0.2, 0) is 6.61 Å². The maximum atomic E-state index is 11.4. The Balaban J connectivity index is 1.47. The third-order valence-corrected chi connectivity index (χ3v) is 6.01. The van der Waals surface area contributed by atoms with Gasteiger partial charge < -0.3 is 23.8 Å². The van der Waals surface area contributed by atoms with Crippen LogP contribution in [0.25, 0.3) is 11.4 Å². The van der Waals surface area contributed by atoms with Gasteiger partial charge >= 0.3 is 0 Å². The number of ether oxygens (including phenoxy) is 3. The summed E-state index contributed by atoms with van der Waals surface area (Å²) in [6.07, 6.45) is 1.52. The molecule has 0 amide bonds. The largest absolute Gasteiger partial charge is 0.493 e. The van der Waals surface area contributed by atoms with E-state index in [4.69, 9.17) is 18.7 Å². The first-order chi connectivity index (χ1) is 17.1. The van der Waals surface area contributed by atoms with Gasteiger partial charge in [0.25, 0.3) is 0 Å². The van der Waals surface area contributed by atoms with Crippen LogP contribution < -0.4 is 14.2 Å². The predicted octanol–water partition coefficient (Wildman–Crippen LogP) is 5.50. The van der Waals surface area contributed by atoms with Gasteiger partial charge in [0.1, 0.15) is 18.5 Å². The molecule has 180 valence electrons. The molecular weight excluding hydrogens is 444 g/mol. The van der Waals surface area contributed by atoms with Crippen LogP contribution in [0.3, 0.4) is 0 Å². The first-order valence-corrected chi connectivity index (χ1v) is 11.7. The lowest BCUT2D eigenvalue weighted by Gasteiger charge is -2.19. The molecule has 1 N–H and O–H groups in total. The summed E-state index contributed by atoms with van der Waals surface area (Å²) in [6.45, 7) is 2.83. The highest BCUT2D eigenvalue weighted by Crippen LogP contribution is 2.40. The Hall–Kier alpha value is -3.84. The summed E-state index contributed by atoms with van der Waals surface area (Å²) in [4.78, 5) is 4.37. The van der Waals surface area contributed by atoms with E-state index in [1.807, 2.05) is 54.6 Å².